The van der Waals surface area contributed by atoms with Crippen LogP contribution in [0.2, 0.25) is 5.02 Å². The minimum absolute atomic E-state index is 0.208. The highest BCUT2D eigenvalue weighted by Crippen LogP contribution is 2.48. The molecule has 1 aliphatic rings. The van der Waals surface area contributed by atoms with Crippen molar-refractivity contribution in [2.45, 2.75) is 12.5 Å². The molecule has 3 rings (SSSR count). The van der Waals surface area contributed by atoms with Gasteiger partial charge in [-0.25, -0.2) is 4.79 Å². The van der Waals surface area contributed by atoms with E-state index < -0.39 is 11.6 Å². The summed E-state index contributed by atoms with van der Waals surface area (Å²) in [6, 6.07) is 12.4. The predicted molar refractivity (Wildman–Crippen MR) is 76.5 cm³/mol. The lowest BCUT2D eigenvalue weighted by molar-refractivity contribution is -0.161. The zero-order chi connectivity index (χ0) is 14.3. The van der Waals surface area contributed by atoms with Gasteiger partial charge in [0.2, 0.25) is 5.60 Å². The third-order valence-corrected chi connectivity index (χ3v) is 3.78. The fourth-order valence-corrected chi connectivity index (χ4v) is 2.86. The summed E-state index contributed by atoms with van der Waals surface area (Å²) >= 11 is 6.01. The first kappa shape index (κ1) is 13.2. The van der Waals surface area contributed by atoms with Crippen LogP contribution in [0, 0.1) is 0 Å². The lowest BCUT2D eigenvalue weighted by Gasteiger charge is -2.23. The van der Waals surface area contributed by atoms with E-state index in [9.17, 15) is 9.90 Å². The normalized spacial score (nSPS) is 19.4. The highest BCUT2D eigenvalue weighted by molar-refractivity contribution is 6.30. The number of esters is 1. The molecule has 1 atom stereocenters. The fourth-order valence-electron chi connectivity index (χ4n) is 2.68. The average Bonchev–Trinajstić information content (AvgIpc) is 2.70. The molecule has 0 spiro atoms. The van der Waals surface area contributed by atoms with Crippen molar-refractivity contribution in [3.05, 3.63) is 58.6 Å². The van der Waals surface area contributed by atoms with Crippen LogP contribution in [-0.2, 0) is 15.1 Å². The van der Waals surface area contributed by atoms with Crippen LogP contribution < -0.4 is 0 Å². The van der Waals surface area contributed by atoms with Gasteiger partial charge < -0.3 is 9.84 Å². The first-order valence-corrected chi connectivity index (χ1v) is 6.76. The summed E-state index contributed by atoms with van der Waals surface area (Å²) in [5, 5.41) is 11.5. The lowest BCUT2D eigenvalue weighted by atomic mass is 9.91. The van der Waals surface area contributed by atoms with E-state index in [0.29, 0.717) is 16.1 Å². The van der Waals surface area contributed by atoms with Crippen LogP contribution in [0.1, 0.15) is 18.1 Å². The highest BCUT2D eigenvalue weighted by Gasteiger charge is 2.49. The van der Waals surface area contributed by atoms with Crippen LogP contribution >= 0.6 is 11.6 Å². The van der Waals surface area contributed by atoms with Gasteiger partial charge in [0.1, 0.15) is 0 Å². The molecule has 1 unspecified atom stereocenters. The van der Waals surface area contributed by atoms with Crippen molar-refractivity contribution in [2.24, 2.45) is 0 Å². The molecule has 0 fully saturated rings. The summed E-state index contributed by atoms with van der Waals surface area (Å²) in [5.74, 6) is -0.673. The molecule has 0 heterocycles. The Kier molecular flexibility index (Phi) is 3.04. The van der Waals surface area contributed by atoms with E-state index in [2.05, 4.69) is 0 Å². The number of rotatable bonds is 2. The number of hydrogen-bond acceptors (Lipinski definition) is 3. The molecule has 4 heteroatoms. The Bertz CT molecular complexity index is 696. The molecule has 1 aliphatic carbocycles. The van der Waals surface area contributed by atoms with Gasteiger partial charge >= 0.3 is 5.97 Å². The molecule has 0 saturated heterocycles. The molecule has 102 valence electrons. The van der Waals surface area contributed by atoms with Crippen molar-refractivity contribution in [1.82, 2.24) is 0 Å². The van der Waals surface area contributed by atoms with Gasteiger partial charge in [0, 0.05) is 16.1 Å². The number of aliphatic hydroxyl groups is 1. The van der Waals surface area contributed by atoms with Gasteiger partial charge in [-0.1, -0.05) is 41.9 Å². The molecule has 0 aromatic heterocycles. The first-order chi connectivity index (χ1) is 9.59. The van der Waals surface area contributed by atoms with Gasteiger partial charge in [-0.2, -0.15) is 0 Å². The van der Waals surface area contributed by atoms with E-state index in [1.54, 1.807) is 31.2 Å². The number of hydrogen-bond donors (Lipinski definition) is 1. The number of carbonyl (C=O) groups excluding carboxylic acids is 1. The molecule has 0 saturated carbocycles. The van der Waals surface area contributed by atoms with Crippen molar-refractivity contribution < 1.29 is 14.6 Å². The van der Waals surface area contributed by atoms with E-state index in [0.717, 1.165) is 11.1 Å². The van der Waals surface area contributed by atoms with Gasteiger partial charge in [0.05, 0.1) is 6.61 Å². The number of fused-ring (bicyclic) bond motifs is 3. The van der Waals surface area contributed by atoms with E-state index in [1.165, 1.54) is 0 Å². The average molecular weight is 289 g/mol. The fraction of sp³-hybridized carbons (Fsp3) is 0.188. The van der Waals surface area contributed by atoms with Crippen molar-refractivity contribution in [3.8, 4) is 11.1 Å². The van der Waals surface area contributed by atoms with Gasteiger partial charge in [-0.05, 0) is 30.2 Å². The third kappa shape index (κ3) is 1.67. The zero-order valence-electron chi connectivity index (χ0n) is 10.9. The lowest BCUT2D eigenvalue weighted by Crippen LogP contribution is -2.36. The van der Waals surface area contributed by atoms with E-state index in [-0.39, 0.29) is 6.61 Å². The monoisotopic (exact) mass is 288 g/mol. The predicted octanol–water partition coefficient (Wildman–Crippen LogP) is 3.12. The van der Waals surface area contributed by atoms with Crippen LogP contribution in [0.5, 0.6) is 0 Å². The number of halogens is 1. The van der Waals surface area contributed by atoms with Crippen LogP contribution in [0.25, 0.3) is 11.1 Å². The Morgan fingerprint density at radius 2 is 1.90 bits per heavy atom. The molecule has 0 aliphatic heterocycles. The number of carbonyl (C=O) groups is 1. The third-order valence-electron chi connectivity index (χ3n) is 3.55. The van der Waals surface area contributed by atoms with Crippen LogP contribution in [0.4, 0.5) is 0 Å². The second-order valence-electron chi connectivity index (χ2n) is 4.67. The summed E-state index contributed by atoms with van der Waals surface area (Å²) in [7, 11) is 0. The standard InChI is InChI=1S/C16H13ClO3/c1-2-20-15(18)16(19)13-6-4-3-5-11(13)12-8-7-10(17)9-14(12)16/h3-9,19H,2H2,1H3. The molecule has 1 N–H and O–H groups in total. The summed E-state index contributed by atoms with van der Waals surface area (Å²) in [4.78, 5) is 12.3. The number of ether oxygens (including phenoxy) is 1. The molecule has 20 heavy (non-hydrogen) atoms. The Morgan fingerprint density at radius 1 is 1.20 bits per heavy atom. The maximum absolute atomic E-state index is 12.3. The molecular formula is C16H13ClO3. The molecule has 0 radical (unpaired) electrons. The van der Waals surface area contributed by atoms with Crippen molar-refractivity contribution in [3.63, 3.8) is 0 Å². The molecule has 0 amide bonds. The minimum Gasteiger partial charge on any atom is -0.463 e. The van der Waals surface area contributed by atoms with Crippen molar-refractivity contribution in [1.29, 1.82) is 0 Å². The summed E-state index contributed by atoms with van der Waals surface area (Å²) in [6.45, 7) is 1.92. The first-order valence-electron chi connectivity index (χ1n) is 6.38. The van der Waals surface area contributed by atoms with Crippen LogP contribution in [0.3, 0.4) is 0 Å². The Balaban J connectivity index is 2.30. The molecule has 0 bridgehead atoms. The quantitative estimate of drug-likeness (QED) is 0.864. The molecular weight excluding hydrogens is 276 g/mol. The Labute approximate surface area is 121 Å². The van der Waals surface area contributed by atoms with Gasteiger partial charge in [0.25, 0.3) is 0 Å². The van der Waals surface area contributed by atoms with Gasteiger partial charge in [0.15, 0.2) is 0 Å². The second-order valence-corrected chi connectivity index (χ2v) is 5.10. The number of benzene rings is 2. The van der Waals surface area contributed by atoms with E-state index >= 15 is 0 Å². The highest BCUT2D eigenvalue weighted by atomic mass is 35.5. The summed E-state index contributed by atoms with van der Waals surface area (Å²) < 4.78 is 5.05. The van der Waals surface area contributed by atoms with Crippen molar-refractivity contribution >= 4 is 17.6 Å². The smallest absolute Gasteiger partial charge is 0.347 e. The SMILES string of the molecule is CCOC(=O)C1(O)c2ccccc2-c2ccc(Cl)cc21. The largest absolute Gasteiger partial charge is 0.463 e. The van der Waals surface area contributed by atoms with Gasteiger partial charge in [-0.15, -0.1) is 0 Å². The van der Waals surface area contributed by atoms with Crippen LogP contribution in [-0.4, -0.2) is 17.7 Å². The molecule has 2 aromatic carbocycles. The van der Waals surface area contributed by atoms with Gasteiger partial charge in [-0.3, -0.25) is 0 Å². The molecule has 2 aromatic rings. The van der Waals surface area contributed by atoms with E-state index in [4.69, 9.17) is 16.3 Å². The maximum Gasteiger partial charge on any atom is 0.347 e. The van der Waals surface area contributed by atoms with E-state index in [1.807, 2.05) is 18.2 Å². The summed E-state index contributed by atoms with van der Waals surface area (Å²) in [5.41, 5.74) is 0.864. The Hall–Kier alpha value is -1.84. The summed E-state index contributed by atoms with van der Waals surface area (Å²) in [6.07, 6.45) is 0. The zero-order valence-corrected chi connectivity index (χ0v) is 11.6. The maximum atomic E-state index is 12.3. The second kappa shape index (κ2) is 4.62. The topological polar surface area (TPSA) is 46.5 Å². The molecule has 3 nitrogen and oxygen atoms in total. The van der Waals surface area contributed by atoms with Crippen molar-refractivity contribution in [2.75, 3.05) is 6.61 Å². The Morgan fingerprint density at radius 3 is 2.65 bits per heavy atom. The van der Waals surface area contributed by atoms with Crippen LogP contribution in [0.15, 0.2) is 42.5 Å². The minimum atomic E-state index is -1.78.